The summed E-state index contributed by atoms with van der Waals surface area (Å²) in [5.74, 6) is 0.0784. The van der Waals surface area contributed by atoms with Crippen molar-refractivity contribution in [3.63, 3.8) is 0 Å². The molecule has 0 aliphatic carbocycles. The number of nitro groups is 1. The quantitative estimate of drug-likeness (QED) is 0.656. The first-order valence-electron chi connectivity index (χ1n) is 6.43. The lowest BCUT2D eigenvalue weighted by Crippen LogP contribution is -2.38. The second-order valence-electron chi connectivity index (χ2n) is 4.94. The summed E-state index contributed by atoms with van der Waals surface area (Å²) < 4.78 is 0. The number of carbonyl (C=O) groups excluding carboxylic acids is 1. The highest BCUT2D eigenvalue weighted by Gasteiger charge is 2.20. The molecular weight excluding hydrogens is 244 g/mol. The second kappa shape index (κ2) is 6.31. The van der Waals surface area contributed by atoms with Gasteiger partial charge >= 0.3 is 0 Å². The van der Waals surface area contributed by atoms with Crippen LogP contribution in [0.4, 0.5) is 5.69 Å². The van der Waals surface area contributed by atoms with E-state index in [1.54, 1.807) is 13.0 Å². The van der Waals surface area contributed by atoms with Crippen molar-refractivity contribution < 1.29 is 9.72 Å². The van der Waals surface area contributed by atoms with Crippen molar-refractivity contribution in [3.8, 4) is 0 Å². The topological polar surface area (TPSA) is 72.2 Å². The molecule has 0 saturated heterocycles. The Morgan fingerprint density at radius 3 is 2.53 bits per heavy atom. The first-order chi connectivity index (χ1) is 8.88. The van der Waals surface area contributed by atoms with Gasteiger partial charge < -0.3 is 5.32 Å². The Bertz CT molecular complexity index is 484. The maximum atomic E-state index is 12.2. The number of carbonyl (C=O) groups is 1. The van der Waals surface area contributed by atoms with Crippen LogP contribution >= 0.6 is 0 Å². The normalized spacial score (nSPS) is 12.3. The van der Waals surface area contributed by atoms with E-state index in [-0.39, 0.29) is 17.6 Å². The van der Waals surface area contributed by atoms with E-state index in [4.69, 9.17) is 0 Å². The molecule has 0 saturated carbocycles. The van der Waals surface area contributed by atoms with Crippen LogP contribution in [0.3, 0.4) is 0 Å². The van der Waals surface area contributed by atoms with Gasteiger partial charge in [0.2, 0.25) is 0 Å². The molecule has 19 heavy (non-hydrogen) atoms. The molecule has 104 valence electrons. The molecule has 0 radical (unpaired) electrons. The summed E-state index contributed by atoms with van der Waals surface area (Å²) in [6.45, 7) is 7.68. The molecule has 1 rings (SSSR count). The molecule has 1 N–H and O–H groups in total. The van der Waals surface area contributed by atoms with Crippen LogP contribution < -0.4 is 5.32 Å². The summed E-state index contributed by atoms with van der Waals surface area (Å²) in [4.78, 5) is 22.6. The van der Waals surface area contributed by atoms with Gasteiger partial charge in [0.1, 0.15) is 0 Å². The summed E-state index contributed by atoms with van der Waals surface area (Å²) in [5.41, 5.74) is 0.752. The Hall–Kier alpha value is -1.91. The molecule has 1 amide bonds. The van der Waals surface area contributed by atoms with Crippen LogP contribution in [0.2, 0.25) is 0 Å². The van der Waals surface area contributed by atoms with Gasteiger partial charge in [-0.15, -0.1) is 0 Å². The maximum Gasteiger partial charge on any atom is 0.273 e. The number of hydrogen-bond donors (Lipinski definition) is 1. The zero-order valence-corrected chi connectivity index (χ0v) is 11.8. The maximum absolute atomic E-state index is 12.2. The predicted octanol–water partition coefficient (Wildman–Crippen LogP) is 3.07. The fraction of sp³-hybridized carbons (Fsp3) is 0.500. The van der Waals surface area contributed by atoms with Crippen molar-refractivity contribution in [2.75, 3.05) is 0 Å². The van der Waals surface area contributed by atoms with E-state index in [0.717, 1.165) is 6.42 Å². The molecule has 5 nitrogen and oxygen atoms in total. The van der Waals surface area contributed by atoms with Gasteiger partial charge in [0, 0.05) is 23.2 Å². The first-order valence-corrected chi connectivity index (χ1v) is 6.43. The molecule has 0 unspecified atom stereocenters. The van der Waals surface area contributed by atoms with Gasteiger partial charge in [0.25, 0.3) is 11.6 Å². The minimum Gasteiger partial charge on any atom is -0.349 e. The van der Waals surface area contributed by atoms with Crippen LogP contribution in [0.15, 0.2) is 18.2 Å². The SMILES string of the molecule is CC[C@@H](NC(=O)c1cccc([N+](=O)[O-])c1C)C(C)C. The Labute approximate surface area is 113 Å². The molecule has 1 atom stereocenters. The minimum absolute atomic E-state index is 0.0229. The minimum atomic E-state index is -0.466. The number of nitrogens with one attached hydrogen (secondary N) is 1. The molecule has 0 fully saturated rings. The molecule has 0 aliphatic rings. The van der Waals surface area contributed by atoms with E-state index < -0.39 is 4.92 Å². The highest BCUT2D eigenvalue weighted by atomic mass is 16.6. The van der Waals surface area contributed by atoms with E-state index in [0.29, 0.717) is 17.0 Å². The smallest absolute Gasteiger partial charge is 0.273 e. The molecule has 0 aromatic heterocycles. The largest absolute Gasteiger partial charge is 0.349 e. The number of nitro benzene ring substituents is 1. The van der Waals surface area contributed by atoms with Gasteiger partial charge in [-0.2, -0.15) is 0 Å². The summed E-state index contributed by atoms with van der Waals surface area (Å²) >= 11 is 0. The van der Waals surface area contributed by atoms with Crippen molar-refractivity contribution in [3.05, 3.63) is 39.4 Å². The fourth-order valence-electron chi connectivity index (χ4n) is 2.05. The lowest BCUT2D eigenvalue weighted by Gasteiger charge is -2.21. The van der Waals surface area contributed by atoms with Gasteiger partial charge in [-0.05, 0) is 25.3 Å². The van der Waals surface area contributed by atoms with Crippen LogP contribution in [0.5, 0.6) is 0 Å². The number of benzene rings is 1. The van der Waals surface area contributed by atoms with Gasteiger partial charge in [-0.3, -0.25) is 14.9 Å². The van der Waals surface area contributed by atoms with Gasteiger partial charge in [-0.25, -0.2) is 0 Å². The predicted molar refractivity (Wildman–Crippen MR) is 74.2 cm³/mol. The van der Waals surface area contributed by atoms with E-state index in [2.05, 4.69) is 5.32 Å². The monoisotopic (exact) mass is 264 g/mol. The number of hydrogen-bond acceptors (Lipinski definition) is 3. The second-order valence-corrected chi connectivity index (χ2v) is 4.94. The lowest BCUT2D eigenvalue weighted by atomic mass is 10.00. The average Bonchev–Trinajstić information content (AvgIpc) is 2.35. The summed E-state index contributed by atoms with van der Waals surface area (Å²) in [6, 6.07) is 4.64. The molecule has 0 heterocycles. The van der Waals surface area contributed by atoms with E-state index >= 15 is 0 Å². The molecule has 1 aromatic carbocycles. The average molecular weight is 264 g/mol. The van der Waals surface area contributed by atoms with Gasteiger partial charge in [-0.1, -0.05) is 26.8 Å². The zero-order chi connectivity index (χ0) is 14.6. The molecular formula is C14H20N2O3. The third-order valence-electron chi connectivity index (χ3n) is 3.31. The standard InChI is InChI=1S/C14H20N2O3/c1-5-12(9(2)3)15-14(17)11-7-6-8-13(10(11)4)16(18)19/h6-9,12H,5H2,1-4H3,(H,15,17)/t12-/m1/s1. The number of nitrogens with zero attached hydrogens (tertiary/aromatic N) is 1. The summed E-state index contributed by atoms with van der Waals surface area (Å²) in [7, 11) is 0. The molecule has 0 aliphatic heterocycles. The molecule has 1 aromatic rings. The van der Waals surface area contributed by atoms with Gasteiger partial charge in [0.15, 0.2) is 0 Å². The van der Waals surface area contributed by atoms with Crippen LogP contribution in [-0.2, 0) is 0 Å². The van der Waals surface area contributed by atoms with E-state index in [9.17, 15) is 14.9 Å². The van der Waals surface area contributed by atoms with Crippen LogP contribution in [0.25, 0.3) is 0 Å². The van der Waals surface area contributed by atoms with Crippen molar-refractivity contribution in [1.29, 1.82) is 0 Å². The van der Waals surface area contributed by atoms with Crippen LogP contribution in [0, 0.1) is 23.0 Å². The Morgan fingerprint density at radius 2 is 2.05 bits per heavy atom. The third kappa shape index (κ3) is 3.53. The molecule has 5 heteroatoms. The number of rotatable bonds is 5. The van der Waals surface area contributed by atoms with Crippen LogP contribution in [-0.4, -0.2) is 16.9 Å². The van der Waals surface area contributed by atoms with E-state index in [1.165, 1.54) is 12.1 Å². The van der Waals surface area contributed by atoms with Crippen molar-refractivity contribution in [2.45, 2.75) is 40.2 Å². The van der Waals surface area contributed by atoms with Crippen molar-refractivity contribution in [2.24, 2.45) is 5.92 Å². The summed E-state index contributed by atoms with van der Waals surface area (Å²) in [5, 5.41) is 13.8. The first kappa shape index (κ1) is 15.1. The van der Waals surface area contributed by atoms with Crippen LogP contribution in [0.1, 0.15) is 43.1 Å². The third-order valence-corrected chi connectivity index (χ3v) is 3.31. The number of amides is 1. The Balaban J connectivity index is 3.00. The Morgan fingerprint density at radius 1 is 1.42 bits per heavy atom. The summed E-state index contributed by atoms with van der Waals surface area (Å²) in [6.07, 6.45) is 0.831. The van der Waals surface area contributed by atoms with Gasteiger partial charge in [0.05, 0.1) is 4.92 Å². The highest BCUT2D eigenvalue weighted by molar-refractivity contribution is 5.96. The Kier molecular flexibility index (Phi) is 5.03. The lowest BCUT2D eigenvalue weighted by molar-refractivity contribution is -0.385. The molecule has 0 bridgehead atoms. The molecule has 0 spiro atoms. The van der Waals surface area contributed by atoms with E-state index in [1.807, 2.05) is 20.8 Å². The zero-order valence-electron chi connectivity index (χ0n) is 11.8. The highest BCUT2D eigenvalue weighted by Crippen LogP contribution is 2.21. The van der Waals surface area contributed by atoms with Crippen molar-refractivity contribution >= 4 is 11.6 Å². The fourth-order valence-corrected chi connectivity index (χ4v) is 2.05. The van der Waals surface area contributed by atoms with Crippen molar-refractivity contribution in [1.82, 2.24) is 5.32 Å².